The second-order valence-electron chi connectivity index (χ2n) is 3.63. The molecule has 2 aromatic rings. The number of rotatable bonds is 2. The van der Waals surface area contributed by atoms with Gasteiger partial charge in [-0.2, -0.15) is 0 Å². The van der Waals surface area contributed by atoms with E-state index < -0.39 is 48.8 Å². The fourth-order valence-electron chi connectivity index (χ4n) is 1.43. The highest BCUT2D eigenvalue weighted by molar-refractivity contribution is 7.89. The molecule has 2 N–H and O–H groups in total. The standard InChI is InChI=1S/C10H5ClF3N3O2S/c11-5-1-6(20(15,18)19)9(14)7(8(5)13)10-16-2-4(12)3-17-10/h1-3H,(H2,15,18,19). The molecule has 20 heavy (non-hydrogen) atoms. The third-order valence-electron chi connectivity index (χ3n) is 2.27. The quantitative estimate of drug-likeness (QED) is 0.855. The molecule has 10 heteroatoms. The van der Waals surface area contributed by atoms with Gasteiger partial charge < -0.3 is 0 Å². The molecule has 2 rings (SSSR count). The van der Waals surface area contributed by atoms with E-state index in [9.17, 15) is 21.6 Å². The topological polar surface area (TPSA) is 85.9 Å². The van der Waals surface area contributed by atoms with Crippen LogP contribution in [0.3, 0.4) is 0 Å². The molecule has 0 spiro atoms. The van der Waals surface area contributed by atoms with Crippen LogP contribution in [-0.2, 0) is 10.0 Å². The van der Waals surface area contributed by atoms with Crippen molar-refractivity contribution in [2.45, 2.75) is 4.90 Å². The molecule has 0 bridgehead atoms. The lowest BCUT2D eigenvalue weighted by Gasteiger charge is -2.09. The third kappa shape index (κ3) is 2.60. The molecule has 0 amide bonds. The molecule has 0 saturated heterocycles. The van der Waals surface area contributed by atoms with Crippen LogP contribution in [0.2, 0.25) is 5.02 Å². The van der Waals surface area contributed by atoms with Crippen molar-refractivity contribution in [1.29, 1.82) is 0 Å². The van der Waals surface area contributed by atoms with E-state index in [1.807, 2.05) is 0 Å². The van der Waals surface area contributed by atoms with Crippen LogP contribution < -0.4 is 5.14 Å². The first-order valence-electron chi connectivity index (χ1n) is 4.90. The van der Waals surface area contributed by atoms with Crippen molar-refractivity contribution in [3.63, 3.8) is 0 Å². The summed E-state index contributed by atoms with van der Waals surface area (Å²) < 4.78 is 63.0. The zero-order chi connectivity index (χ0) is 15.1. The maximum absolute atomic E-state index is 14.1. The summed E-state index contributed by atoms with van der Waals surface area (Å²) in [6.45, 7) is 0. The number of nitrogens with zero attached hydrogens (tertiary/aromatic N) is 2. The fourth-order valence-corrected chi connectivity index (χ4v) is 2.33. The molecule has 1 aromatic heterocycles. The van der Waals surface area contributed by atoms with Gasteiger partial charge in [0.2, 0.25) is 10.0 Å². The Kier molecular flexibility index (Phi) is 3.67. The van der Waals surface area contributed by atoms with Gasteiger partial charge in [-0.05, 0) is 6.07 Å². The highest BCUT2D eigenvalue weighted by Crippen LogP contribution is 2.32. The van der Waals surface area contributed by atoms with Gasteiger partial charge in [0.05, 0.1) is 23.0 Å². The van der Waals surface area contributed by atoms with Gasteiger partial charge in [-0.15, -0.1) is 0 Å². The van der Waals surface area contributed by atoms with Gasteiger partial charge in [0, 0.05) is 0 Å². The number of hydrogen-bond donors (Lipinski definition) is 1. The average Bonchev–Trinajstić information content (AvgIpc) is 2.35. The second-order valence-corrected chi connectivity index (χ2v) is 5.57. The molecule has 0 saturated carbocycles. The Morgan fingerprint density at radius 2 is 1.65 bits per heavy atom. The molecule has 0 atom stereocenters. The van der Waals surface area contributed by atoms with E-state index in [4.69, 9.17) is 16.7 Å². The normalized spacial score (nSPS) is 11.7. The Morgan fingerprint density at radius 3 is 2.15 bits per heavy atom. The van der Waals surface area contributed by atoms with E-state index in [0.717, 1.165) is 0 Å². The molecule has 1 heterocycles. The fraction of sp³-hybridized carbons (Fsp3) is 0. The first-order chi connectivity index (χ1) is 9.21. The zero-order valence-electron chi connectivity index (χ0n) is 9.44. The minimum absolute atomic E-state index is 0.536. The molecule has 106 valence electrons. The number of aromatic nitrogens is 2. The summed E-state index contributed by atoms with van der Waals surface area (Å²) in [6.07, 6.45) is 1.33. The van der Waals surface area contributed by atoms with Crippen molar-refractivity contribution in [3.8, 4) is 11.4 Å². The van der Waals surface area contributed by atoms with Crippen molar-refractivity contribution in [2.24, 2.45) is 5.14 Å². The maximum atomic E-state index is 14.1. The van der Waals surface area contributed by atoms with Crippen molar-refractivity contribution in [1.82, 2.24) is 9.97 Å². The summed E-state index contributed by atoms with van der Waals surface area (Å²) in [5.74, 6) is -4.17. The Labute approximate surface area is 116 Å². The first kappa shape index (κ1) is 14.7. The highest BCUT2D eigenvalue weighted by atomic mass is 35.5. The van der Waals surface area contributed by atoms with Gasteiger partial charge in [-0.25, -0.2) is 36.7 Å². The van der Waals surface area contributed by atoms with Gasteiger partial charge in [0.25, 0.3) is 0 Å². The second kappa shape index (κ2) is 5.00. The molecule has 1 aromatic carbocycles. The first-order valence-corrected chi connectivity index (χ1v) is 6.82. The molecule has 0 fully saturated rings. The van der Waals surface area contributed by atoms with E-state index >= 15 is 0 Å². The molecular weight excluding hydrogens is 319 g/mol. The summed E-state index contributed by atoms with van der Waals surface area (Å²) in [4.78, 5) is 5.74. The molecule has 0 aliphatic carbocycles. The Bertz CT molecular complexity index is 781. The van der Waals surface area contributed by atoms with Gasteiger partial charge in [0.1, 0.15) is 4.90 Å². The molecule has 0 radical (unpaired) electrons. The van der Waals surface area contributed by atoms with Crippen LogP contribution >= 0.6 is 11.6 Å². The highest BCUT2D eigenvalue weighted by Gasteiger charge is 2.26. The van der Waals surface area contributed by atoms with E-state index in [1.54, 1.807) is 0 Å². The smallest absolute Gasteiger partial charge is 0.233 e. The van der Waals surface area contributed by atoms with Crippen LogP contribution in [0.1, 0.15) is 0 Å². The number of sulfonamides is 1. The summed E-state index contributed by atoms with van der Waals surface area (Å²) in [5, 5.41) is 4.12. The van der Waals surface area contributed by atoms with Crippen LogP contribution in [0.15, 0.2) is 23.4 Å². The summed E-state index contributed by atoms with van der Waals surface area (Å²) >= 11 is 5.49. The largest absolute Gasteiger partial charge is 0.241 e. The zero-order valence-corrected chi connectivity index (χ0v) is 11.0. The monoisotopic (exact) mass is 323 g/mol. The summed E-state index contributed by atoms with van der Waals surface area (Å²) in [7, 11) is -4.47. The van der Waals surface area contributed by atoms with E-state index in [2.05, 4.69) is 9.97 Å². The van der Waals surface area contributed by atoms with Crippen LogP contribution in [0, 0.1) is 17.5 Å². The predicted molar refractivity (Wildman–Crippen MR) is 63.7 cm³/mol. The van der Waals surface area contributed by atoms with E-state index in [-0.39, 0.29) is 0 Å². The van der Waals surface area contributed by atoms with Crippen LogP contribution in [0.4, 0.5) is 13.2 Å². The number of hydrogen-bond acceptors (Lipinski definition) is 4. The maximum Gasteiger partial charge on any atom is 0.241 e. The Morgan fingerprint density at radius 1 is 1.10 bits per heavy atom. The van der Waals surface area contributed by atoms with Crippen molar-refractivity contribution in [3.05, 3.63) is 40.9 Å². The summed E-state index contributed by atoms with van der Waals surface area (Å²) in [5.41, 5.74) is -0.901. The van der Waals surface area contributed by atoms with E-state index in [1.165, 1.54) is 0 Å². The number of nitrogens with two attached hydrogens (primary N) is 1. The van der Waals surface area contributed by atoms with Gasteiger partial charge in [0.15, 0.2) is 23.3 Å². The lowest BCUT2D eigenvalue weighted by Crippen LogP contribution is -2.15. The summed E-state index contributed by atoms with van der Waals surface area (Å²) in [6, 6.07) is 0.536. The Balaban J connectivity index is 2.82. The number of primary sulfonamides is 1. The minimum atomic E-state index is -4.47. The van der Waals surface area contributed by atoms with Crippen molar-refractivity contribution >= 4 is 21.6 Å². The lowest BCUT2D eigenvalue weighted by molar-refractivity contribution is 0.552. The van der Waals surface area contributed by atoms with Crippen molar-refractivity contribution in [2.75, 3.05) is 0 Å². The molecule has 0 unspecified atom stereocenters. The van der Waals surface area contributed by atoms with Crippen molar-refractivity contribution < 1.29 is 21.6 Å². The third-order valence-corrected chi connectivity index (χ3v) is 3.46. The van der Waals surface area contributed by atoms with Crippen LogP contribution in [0.5, 0.6) is 0 Å². The van der Waals surface area contributed by atoms with Gasteiger partial charge >= 0.3 is 0 Å². The molecule has 0 aliphatic heterocycles. The van der Waals surface area contributed by atoms with E-state index in [0.29, 0.717) is 18.5 Å². The molecular formula is C10H5ClF3N3O2S. The predicted octanol–water partition coefficient (Wildman–Crippen LogP) is 1.86. The van der Waals surface area contributed by atoms with Gasteiger partial charge in [-0.1, -0.05) is 11.6 Å². The lowest BCUT2D eigenvalue weighted by atomic mass is 10.2. The average molecular weight is 324 g/mol. The minimum Gasteiger partial charge on any atom is -0.233 e. The molecule has 0 aliphatic rings. The Hall–Kier alpha value is -1.71. The number of halogens is 4. The molecule has 5 nitrogen and oxygen atoms in total. The SMILES string of the molecule is NS(=O)(=O)c1cc(Cl)c(F)c(-c2ncc(F)cn2)c1F. The van der Waals surface area contributed by atoms with Crippen LogP contribution in [0.25, 0.3) is 11.4 Å². The van der Waals surface area contributed by atoms with Crippen LogP contribution in [-0.4, -0.2) is 18.4 Å². The van der Waals surface area contributed by atoms with Gasteiger partial charge in [-0.3, -0.25) is 0 Å². The number of benzene rings is 1.